The van der Waals surface area contributed by atoms with Crippen molar-refractivity contribution in [3.8, 4) is 11.9 Å². The monoisotopic (exact) mass is 403 g/mol. The highest BCUT2D eigenvalue weighted by Gasteiger charge is 2.19. The van der Waals surface area contributed by atoms with Gasteiger partial charge in [0.05, 0.1) is 17.2 Å². The normalized spacial score (nSPS) is 12.3. The first kappa shape index (κ1) is 19.0. The molecule has 29 heavy (non-hydrogen) atoms. The van der Waals surface area contributed by atoms with Crippen molar-refractivity contribution in [2.45, 2.75) is 25.2 Å². The molecule has 1 aliphatic heterocycles. The number of hydrogen-bond donors (Lipinski definition) is 0. The van der Waals surface area contributed by atoms with Gasteiger partial charge in [0, 0.05) is 23.4 Å². The number of fused-ring (bicyclic) bond motifs is 1. The van der Waals surface area contributed by atoms with Gasteiger partial charge >= 0.3 is 0 Å². The molecule has 0 unspecified atom stereocenters. The Kier molecular flexibility index (Phi) is 5.19. The van der Waals surface area contributed by atoms with Crippen molar-refractivity contribution in [2.24, 2.45) is 0 Å². The molecule has 0 saturated carbocycles. The van der Waals surface area contributed by atoms with Crippen LogP contribution in [0.1, 0.15) is 32.6 Å². The van der Waals surface area contributed by atoms with Crippen LogP contribution in [-0.2, 0) is 13.2 Å². The minimum absolute atomic E-state index is 0.0571. The van der Waals surface area contributed by atoms with Gasteiger partial charge in [-0.2, -0.15) is 10.2 Å². The Morgan fingerprint density at radius 2 is 1.83 bits per heavy atom. The van der Waals surface area contributed by atoms with Gasteiger partial charge in [-0.3, -0.25) is 14.2 Å². The molecule has 2 heterocycles. The lowest BCUT2D eigenvalue weighted by atomic mass is 10.0. The summed E-state index contributed by atoms with van der Waals surface area (Å²) in [4.78, 5) is 29.4. The number of ether oxygens (including phenoxy) is 1. The summed E-state index contributed by atoms with van der Waals surface area (Å²) in [7, 11) is 0. The minimum Gasteiger partial charge on any atom is -0.472 e. The van der Waals surface area contributed by atoms with E-state index in [9.17, 15) is 9.59 Å². The molecule has 0 atom stereocenters. The van der Waals surface area contributed by atoms with E-state index in [2.05, 4.69) is 4.98 Å². The number of rotatable bonds is 5. The third-order valence-electron chi connectivity index (χ3n) is 4.73. The second-order valence-corrected chi connectivity index (χ2v) is 7.70. The van der Waals surface area contributed by atoms with Gasteiger partial charge in [0.2, 0.25) is 5.88 Å². The maximum atomic E-state index is 12.6. The molecule has 3 aromatic rings. The molecule has 0 bridgehead atoms. The SMILES string of the molecule is Cc1c(OCc2ccc(C(=O)c3ccc(C#N)cc3)cc2)nc2n(c1=O)CCS2. The average molecular weight is 403 g/mol. The Hall–Kier alpha value is -3.37. The Labute approximate surface area is 171 Å². The summed E-state index contributed by atoms with van der Waals surface area (Å²) in [6, 6.07) is 15.7. The molecular formula is C22H17N3O3S. The second-order valence-electron chi connectivity index (χ2n) is 6.63. The summed E-state index contributed by atoms with van der Waals surface area (Å²) in [5, 5.41) is 9.55. The topological polar surface area (TPSA) is 85.0 Å². The zero-order chi connectivity index (χ0) is 20.4. The van der Waals surface area contributed by atoms with Crippen LogP contribution < -0.4 is 10.3 Å². The van der Waals surface area contributed by atoms with Gasteiger partial charge in [-0.15, -0.1) is 0 Å². The number of benzene rings is 2. The standard InChI is InChI=1S/C22H17N3O3S/c1-14-20(24-22-25(21(14)27)10-11-29-22)28-13-16-4-8-18(9-5-16)19(26)17-6-2-15(12-23)3-7-17/h2-9H,10-11,13H2,1H3. The molecular weight excluding hydrogens is 386 g/mol. The maximum absolute atomic E-state index is 12.6. The number of thioether (sulfide) groups is 1. The number of carbonyl (C=O) groups excluding carboxylic acids is 1. The van der Waals surface area contributed by atoms with Crippen molar-refractivity contribution in [3.63, 3.8) is 0 Å². The van der Waals surface area contributed by atoms with Crippen LogP contribution in [0.15, 0.2) is 58.5 Å². The first-order chi connectivity index (χ1) is 14.1. The lowest BCUT2D eigenvalue weighted by molar-refractivity contribution is 0.103. The zero-order valence-corrected chi connectivity index (χ0v) is 16.5. The number of hydrogen-bond acceptors (Lipinski definition) is 6. The molecule has 0 radical (unpaired) electrons. The molecule has 0 saturated heterocycles. The van der Waals surface area contributed by atoms with E-state index < -0.39 is 0 Å². The summed E-state index contributed by atoms with van der Waals surface area (Å²) in [5.74, 6) is 1.09. The fourth-order valence-electron chi connectivity index (χ4n) is 3.05. The third kappa shape index (κ3) is 3.80. The summed E-state index contributed by atoms with van der Waals surface area (Å²) in [6.07, 6.45) is 0. The number of nitriles is 1. The quantitative estimate of drug-likeness (QED) is 0.480. The van der Waals surface area contributed by atoms with Gasteiger partial charge in [-0.05, 0) is 36.8 Å². The minimum atomic E-state index is -0.108. The molecule has 0 spiro atoms. The number of nitrogens with zero attached hydrogens (tertiary/aromatic N) is 3. The molecule has 7 heteroatoms. The van der Waals surface area contributed by atoms with Crippen LogP contribution in [0.3, 0.4) is 0 Å². The predicted molar refractivity (Wildman–Crippen MR) is 109 cm³/mol. The van der Waals surface area contributed by atoms with E-state index in [1.54, 1.807) is 59.7 Å². The second kappa shape index (κ2) is 7.94. The highest BCUT2D eigenvalue weighted by Crippen LogP contribution is 2.25. The summed E-state index contributed by atoms with van der Waals surface area (Å²) in [6.45, 7) is 2.66. The van der Waals surface area contributed by atoms with Gasteiger partial charge < -0.3 is 4.74 Å². The van der Waals surface area contributed by atoms with E-state index in [0.29, 0.717) is 39.8 Å². The van der Waals surface area contributed by atoms with E-state index in [1.807, 2.05) is 18.2 Å². The highest BCUT2D eigenvalue weighted by molar-refractivity contribution is 7.99. The summed E-state index contributed by atoms with van der Waals surface area (Å²) < 4.78 is 7.46. The first-order valence-corrected chi connectivity index (χ1v) is 10.1. The molecule has 1 aromatic heterocycles. The van der Waals surface area contributed by atoms with Crippen molar-refractivity contribution < 1.29 is 9.53 Å². The van der Waals surface area contributed by atoms with Gasteiger partial charge in [0.25, 0.3) is 5.56 Å². The highest BCUT2D eigenvalue weighted by atomic mass is 32.2. The summed E-state index contributed by atoms with van der Waals surface area (Å²) >= 11 is 1.55. The van der Waals surface area contributed by atoms with Crippen LogP contribution >= 0.6 is 11.8 Å². The molecule has 4 rings (SSSR count). The van der Waals surface area contributed by atoms with Crippen LogP contribution in [0, 0.1) is 18.3 Å². The fraction of sp³-hybridized carbons (Fsp3) is 0.182. The number of aromatic nitrogens is 2. The molecule has 0 fully saturated rings. The molecule has 144 valence electrons. The van der Waals surface area contributed by atoms with Crippen LogP contribution in [0.2, 0.25) is 0 Å². The average Bonchev–Trinajstić information content (AvgIpc) is 3.24. The Morgan fingerprint density at radius 3 is 2.48 bits per heavy atom. The number of carbonyl (C=O) groups is 1. The van der Waals surface area contributed by atoms with E-state index in [1.165, 1.54) is 0 Å². The third-order valence-corrected chi connectivity index (χ3v) is 5.69. The molecule has 0 N–H and O–H groups in total. The molecule has 1 aliphatic rings. The Morgan fingerprint density at radius 1 is 1.17 bits per heavy atom. The van der Waals surface area contributed by atoms with Gasteiger partial charge in [-0.25, -0.2) is 0 Å². The van der Waals surface area contributed by atoms with Crippen LogP contribution in [0.5, 0.6) is 5.88 Å². The first-order valence-electron chi connectivity index (χ1n) is 9.07. The van der Waals surface area contributed by atoms with Gasteiger partial charge in [0.1, 0.15) is 6.61 Å². The molecule has 0 aliphatic carbocycles. The van der Waals surface area contributed by atoms with Crippen molar-refractivity contribution >= 4 is 17.5 Å². The van der Waals surface area contributed by atoms with Crippen LogP contribution in [-0.4, -0.2) is 21.1 Å². The summed E-state index contributed by atoms with van der Waals surface area (Å²) in [5.41, 5.74) is 2.92. The van der Waals surface area contributed by atoms with Crippen molar-refractivity contribution in [3.05, 3.63) is 86.7 Å². The van der Waals surface area contributed by atoms with E-state index in [-0.39, 0.29) is 17.9 Å². The Bertz CT molecular complexity index is 1180. The Balaban J connectivity index is 1.46. The zero-order valence-electron chi connectivity index (χ0n) is 15.7. The fourth-order valence-corrected chi connectivity index (χ4v) is 3.99. The van der Waals surface area contributed by atoms with E-state index in [0.717, 1.165) is 11.3 Å². The van der Waals surface area contributed by atoms with Crippen LogP contribution in [0.25, 0.3) is 0 Å². The molecule has 0 amide bonds. The lowest BCUT2D eigenvalue weighted by Crippen LogP contribution is -2.23. The predicted octanol–water partition coefficient (Wildman–Crippen LogP) is 3.34. The van der Waals surface area contributed by atoms with Crippen molar-refractivity contribution in [1.82, 2.24) is 9.55 Å². The lowest BCUT2D eigenvalue weighted by Gasteiger charge is -2.10. The van der Waals surface area contributed by atoms with Crippen molar-refractivity contribution in [2.75, 3.05) is 5.75 Å². The largest absolute Gasteiger partial charge is 0.472 e. The molecule has 2 aromatic carbocycles. The number of ketones is 1. The molecule has 6 nitrogen and oxygen atoms in total. The van der Waals surface area contributed by atoms with Crippen LogP contribution in [0.4, 0.5) is 0 Å². The maximum Gasteiger partial charge on any atom is 0.260 e. The van der Waals surface area contributed by atoms with E-state index in [4.69, 9.17) is 10.00 Å². The van der Waals surface area contributed by atoms with Gasteiger partial charge in [-0.1, -0.05) is 36.0 Å². The smallest absolute Gasteiger partial charge is 0.260 e. The van der Waals surface area contributed by atoms with E-state index >= 15 is 0 Å². The van der Waals surface area contributed by atoms with Gasteiger partial charge in [0.15, 0.2) is 10.9 Å². The van der Waals surface area contributed by atoms with Crippen molar-refractivity contribution in [1.29, 1.82) is 5.26 Å².